The molecule has 0 unspecified atom stereocenters. The first-order valence-corrected chi connectivity index (χ1v) is 14.6. The Morgan fingerprint density at radius 1 is 1.00 bits per heavy atom. The van der Waals surface area contributed by atoms with E-state index < -0.39 is 0 Å². The molecule has 2 aromatic rings. The van der Waals surface area contributed by atoms with E-state index in [4.69, 9.17) is 9.15 Å². The summed E-state index contributed by atoms with van der Waals surface area (Å²) < 4.78 is 11.2. The topological polar surface area (TPSA) is 39.4 Å². The largest absolute Gasteiger partial charge is 0.466 e. The molecule has 0 saturated heterocycles. The predicted molar refractivity (Wildman–Crippen MR) is 151 cm³/mol. The average molecular weight is 509 g/mol. The van der Waals surface area contributed by atoms with Gasteiger partial charge in [0.1, 0.15) is 5.76 Å². The Balaban J connectivity index is 1.76. The third-order valence-electron chi connectivity index (χ3n) is 6.83. The van der Waals surface area contributed by atoms with E-state index in [9.17, 15) is 4.79 Å². The molecule has 2 heterocycles. The molecular weight excluding hydrogens is 464 g/mol. The van der Waals surface area contributed by atoms with Crippen molar-refractivity contribution in [2.24, 2.45) is 0 Å². The minimum absolute atomic E-state index is 0.121. The molecule has 196 valence electrons. The van der Waals surface area contributed by atoms with E-state index in [1.165, 1.54) is 41.7 Å². The van der Waals surface area contributed by atoms with E-state index in [0.29, 0.717) is 18.8 Å². The lowest BCUT2D eigenvalue weighted by Crippen LogP contribution is -2.33. The number of ether oxygens (including phenoxy) is 1. The number of thioether (sulfide) groups is 1. The molecule has 36 heavy (non-hydrogen) atoms. The van der Waals surface area contributed by atoms with Crippen molar-refractivity contribution in [1.29, 1.82) is 0 Å². The Morgan fingerprint density at radius 2 is 1.78 bits per heavy atom. The lowest BCUT2D eigenvalue weighted by molar-refractivity contribution is -0.143. The standard InChI is InChI=1S/C32H44O3S/c1-7-9-10-11-14-24-22-29-28(31(3,4)23-32(5,6)36-29)21-25(24)17-18-27-20-19-26(35-27)15-12-13-16-30(33)34-8-2/h19-22H,7-16,23H2,1-6H3. The Bertz CT molecular complexity index is 1080. The second kappa shape index (κ2) is 12.9. The molecule has 0 saturated carbocycles. The van der Waals surface area contributed by atoms with Crippen LogP contribution in [0.4, 0.5) is 0 Å². The molecule has 0 aliphatic carbocycles. The Hall–Kier alpha value is -2.12. The third kappa shape index (κ3) is 8.20. The van der Waals surface area contributed by atoms with Gasteiger partial charge in [-0.2, -0.15) is 0 Å². The molecule has 3 rings (SSSR count). The van der Waals surface area contributed by atoms with Crippen LogP contribution in [-0.4, -0.2) is 17.3 Å². The first-order chi connectivity index (χ1) is 17.1. The number of rotatable bonds is 11. The molecule has 1 aliphatic heterocycles. The molecule has 1 aromatic heterocycles. The number of carbonyl (C=O) groups is 1. The average Bonchev–Trinajstić information content (AvgIpc) is 3.25. The van der Waals surface area contributed by atoms with Crippen LogP contribution in [0, 0.1) is 11.8 Å². The Labute approximate surface area is 223 Å². The highest BCUT2D eigenvalue weighted by molar-refractivity contribution is 8.00. The van der Waals surface area contributed by atoms with Crippen molar-refractivity contribution in [1.82, 2.24) is 0 Å². The van der Waals surface area contributed by atoms with Crippen LogP contribution in [0.2, 0.25) is 0 Å². The maximum atomic E-state index is 11.5. The minimum atomic E-state index is -0.121. The summed E-state index contributed by atoms with van der Waals surface area (Å²) in [6, 6.07) is 8.76. The summed E-state index contributed by atoms with van der Waals surface area (Å²) >= 11 is 2.02. The van der Waals surface area contributed by atoms with E-state index >= 15 is 0 Å². The zero-order valence-corrected chi connectivity index (χ0v) is 24.0. The maximum absolute atomic E-state index is 11.5. The van der Waals surface area contributed by atoms with Gasteiger partial charge in [-0.15, -0.1) is 11.8 Å². The smallest absolute Gasteiger partial charge is 0.305 e. The first-order valence-electron chi connectivity index (χ1n) is 13.8. The van der Waals surface area contributed by atoms with Gasteiger partial charge in [-0.1, -0.05) is 59.8 Å². The molecule has 4 heteroatoms. The molecule has 1 aliphatic rings. The van der Waals surface area contributed by atoms with Crippen LogP contribution in [0.3, 0.4) is 0 Å². The molecular formula is C32H44O3S. The number of hydrogen-bond acceptors (Lipinski definition) is 4. The first kappa shape index (κ1) is 28.5. The molecule has 0 fully saturated rings. The second-order valence-corrected chi connectivity index (χ2v) is 13.0. The fourth-order valence-electron chi connectivity index (χ4n) is 5.30. The highest BCUT2D eigenvalue weighted by atomic mass is 32.2. The molecule has 0 spiro atoms. The zero-order valence-electron chi connectivity index (χ0n) is 23.2. The third-order valence-corrected chi connectivity index (χ3v) is 8.08. The number of aryl methyl sites for hydroxylation is 2. The number of hydrogen-bond donors (Lipinski definition) is 0. The fourth-order valence-corrected chi connectivity index (χ4v) is 6.98. The van der Waals surface area contributed by atoms with Gasteiger partial charge in [0.05, 0.1) is 6.61 Å². The Morgan fingerprint density at radius 3 is 2.53 bits per heavy atom. The van der Waals surface area contributed by atoms with Crippen molar-refractivity contribution in [3.63, 3.8) is 0 Å². The Kier molecular flexibility index (Phi) is 10.2. The normalized spacial score (nSPS) is 15.6. The van der Waals surface area contributed by atoms with Gasteiger partial charge in [-0.05, 0) is 85.8 Å². The van der Waals surface area contributed by atoms with Crippen molar-refractivity contribution in [3.05, 3.63) is 52.5 Å². The summed E-state index contributed by atoms with van der Waals surface area (Å²) in [7, 11) is 0. The SMILES string of the molecule is CCCCCCc1cc2c(cc1C#Cc1ccc(CCCCC(=O)OCC)o1)C(C)(C)CC(C)(C)S2. The van der Waals surface area contributed by atoms with Crippen LogP contribution in [0.25, 0.3) is 0 Å². The van der Waals surface area contributed by atoms with Crippen LogP contribution in [-0.2, 0) is 27.8 Å². The van der Waals surface area contributed by atoms with Crippen molar-refractivity contribution < 1.29 is 13.9 Å². The van der Waals surface area contributed by atoms with Crippen molar-refractivity contribution in [3.8, 4) is 11.8 Å². The summed E-state index contributed by atoms with van der Waals surface area (Å²) in [5, 5.41) is 0. The lowest BCUT2D eigenvalue weighted by Gasteiger charge is -2.42. The van der Waals surface area contributed by atoms with Gasteiger partial charge in [0.15, 0.2) is 5.76 Å². The monoisotopic (exact) mass is 508 g/mol. The van der Waals surface area contributed by atoms with Gasteiger partial charge < -0.3 is 9.15 Å². The van der Waals surface area contributed by atoms with E-state index in [-0.39, 0.29) is 16.1 Å². The number of furan rings is 1. The second-order valence-electron chi connectivity index (χ2n) is 11.3. The summed E-state index contributed by atoms with van der Waals surface area (Å²) in [5.74, 6) is 8.29. The van der Waals surface area contributed by atoms with Gasteiger partial charge in [-0.25, -0.2) is 0 Å². The number of esters is 1. The summed E-state index contributed by atoms with van der Waals surface area (Å²) in [6.45, 7) is 14.0. The molecule has 1 aromatic carbocycles. The van der Waals surface area contributed by atoms with Gasteiger partial charge in [-0.3, -0.25) is 4.79 Å². The number of carbonyl (C=O) groups excluding carboxylic acids is 1. The van der Waals surface area contributed by atoms with E-state index in [1.54, 1.807) is 0 Å². The van der Waals surface area contributed by atoms with E-state index in [1.807, 2.05) is 30.8 Å². The van der Waals surface area contributed by atoms with E-state index in [0.717, 1.165) is 43.4 Å². The van der Waals surface area contributed by atoms with Crippen LogP contribution in [0.1, 0.15) is 121 Å². The number of unbranched alkanes of at least 4 members (excludes halogenated alkanes) is 4. The quantitative estimate of drug-likeness (QED) is 0.173. The highest BCUT2D eigenvalue weighted by Gasteiger charge is 2.38. The number of benzene rings is 1. The van der Waals surface area contributed by atoms with Crippen LogP contribution in [0.15, 0.2) is 33.6 Å². The highest BCUT2D eigenvalue weighted by Crippen LogP contribution is 2.51. The zero-order chi connectivity index (χ0) is 26.2. The minimum Gasteiger partial charge on any atom is -0.466 e. The predicted octanol–water partition coefficient (Wildman–Crippen LogP) is 8.63. The fraction of sp³-hybridized carbons (Fsp3) is 0.594. The van der Waals surface area contributed by atoms with Crippen LogP contribution in [0.5, 0.6) is 0 Å². The van der Waals surface area contributed by atoms with Gasteiger partial charge in [0.2, 0.25) is 0 Å². The van der Waals surface area contributed by atoms with Crippen LogP contribution < -0.4 is 0 Å². The molecule has 0 N–H and O–H groups in total. The van der Waals surface area contributed by atoms with E-state index in [2.05, 4.69) is 58.6 Å². The summed E-state index contributed by atoms with van der Waals surface area (Å²) in [5.41, 5.74) is 4.06. The van der Waals surface area contributed by atoms with Crippen molar-refractivity contribution in [2.75, 3.05) is 6.61 Å². The van der Waals surface area contributed by atoms with Gasteiger partial charge in [0, 0.05) is 28.0 Å². The van der Waals surface area contributed by atoms with Crippen molar-refractivity contribution >= 4 is 17.7 Å². The number of fused-ring (bicyclic) bond motifs is 1. The molecule has 3 nitrogen and oxygen atoms in total. The van der Waals surface area contributed by atoms with Gasteiger partial charge >= 0.3 is 5.97 Å². The summed E-state index contributed by atoms with van der Waals surface area (Å²) in [4.78, 5) is 12.9. The molecule has 0 radical (unpaired) electrons. The van der Waals surface area contributed by atoms with Crippen LogP contribution >= 0.6 is 11.8 Å². The molecule has 0 bridgehead atoms. The summed E-state index contributed by atoms with van der Waals surface area (Å²) in [6.07, 6.45) is 10.2. The molecule has 0 atom stereocenters. The maximum Gasteiger partial charge on any atom is 0.305 e. The lowest BCUT2D eigenvalue weighted by atomic mass is 9.76. The van der Waals surface area contributed by atoms with Gasteiger partial charge in [0.25, 0.3) is 0 Å². The molecule has 0 amide bonds. The van der Waals surface area contributed by atoms with Crippen molar-refractivity contribution in [2.45, 2.75) is 121 Å².